The van der Waals surface area contributed by atoms with E-state index in [0.29, 0.717) is 11.5 Å². The van der Waals surface area contributed by atoms with Gasteiger partial charge in [0.2, 0.25) is 0 Å². The lowest BCUT2D eigenvalue weighted by Gasteiger charge is -2.35. The summed E-state index contributed by atoms with van der Waals surface area (Å²) in [7, 11) is 2.22. The summed E-state index contributed by atoms with van der Waals surface area (Å²) < 4.78 is 2.60. The Morgan fingerprint density at radius 3 is 2.74 bits per heavy atom. The molecule has 3 rings (SSSR count). The number of nitrogens with two attached hydrogens (primary N) is 1. The molecule has 0 spiro atoms. The molecule has 1 aromatic heterocycles. The summed E-state index contributed by atoms with van der Waals surface area (Å²) in [6, 6.07) is 3.21. The van der Waals surface area contributed by atoms with E-state index in [4.69, 9.17) is 5.73 Å². The Labute approximate surface area is 116 Å². The van der Waals surface area contributed by atoms with E-state index in [1.165, 1.54) is 42.9 Å². The van der Waals surface area contributed by atoms with E-state index in [1.54, 1.807) is 0 Å². The lowest BCUT2D eigenvalue weighted by molar-refractivity contribution is 0.270. The lowest BCUT2D eigenvalue weighted by atomic mass is 9.74. The molecule has 1 aliphatic heterocycles. The lowest BCUT2D eigenvalue weighted by Crippen LogP contribution is -2.31. The first kappa shape index (κ1) is 13.2. The van der Waals surface area contributed by atoms with Crippen molar-refractivity contribution < 1.29 is 0 Å². The number of rotatable bonds is 1. The highest BCUT2D eigenvalue weighted by Crippen LogP contribution is 2.42. The van der Waals surface area contributed by atoms with Crippen LogP contribution in [0.2, 0.25) is 0 Å². The van der Waals surface area contributed by atoms with E-state index in [9.17, 15) is 0 Å². The Morgan fingerprint density at radius 1 is 1.37 bits per heavy atom. The summed E-state index contributed by atoms with van der Waals surface area (Å²) in [5, 5.41) is 0. The van der Waals surface area contributed by atoms with Crippen LogP contribution in [0.3, 0.4) is 0 Å². The minimum Gasteiger partial charge on any atom is -0.344 e. The number of aryl methyl sites for hydroxylation is 1. The van der Waals surface area contributed by atoms with Crippen molar-refractivity contribution in [3.05, 3.63) is 23.0 Å². The van der Waals surface area contributed by atoms with Gasteiger partial charge in [-0.25, -0.2) is 0 Å². The van der Waals surface area contributed by atoms with Crippen molar-refractivity contribution in [1.29, 1.82) is 0 Å². The van der Waals surface area contributed by atoms with Crippen LogP contribution in [0.25, 0.3) is 0 Å². The second-order valence-corrected chi connectivity index (χ2v) is 7.41. The van der Waals surface area contributed by atoms with Gasteiger partial charge in [-0.15, -0.1) is 0 Å². The van der Waals surface area contributed by atoms with Crippen LogP contribution in [0.5, 0.6) is 0 Å². The van der Waals surface area contributed by atoms with Crippen molar-refractivity contribution in [2.45, 2.75) is 52.1 Å². The molecule has 0 saturated carbocycles. The highest BCUT2D eigenvalue weighted by molar-refractivity contribution is 5.34. The van der Waals surface area contributed by atoms with Crippen molar-refractivity contribution in [3.63, 3.8) is 0 Å². The molecule has 1 saturated heterocycles. The van der Waals surface area contributed by atoms with Gasteiger partial charge in [0.05, 0.1) is 0 Å². The summed E-state index contributed by atoms with van der Waals surface area (Å²) in [4.78, 5) is 2.43. The second-order valence-electron chi connectivity index (χ2n) is 7.41. The minimum absolute atomic E-state index is 0.220. The van der Waals surface area contributed by atoms with Gasteiger partial charge < -0.3 is 15.2 Å². The molecular formula is C16H27N3. The maximum absolute atomic E-state index is 6.41. The molecule has 3 heteroatoms. The molecule has 19 heavy (non-hydrogen) atoms. The third kappa shape index (κ3) is 2.23. The van der Waals surface area contributed by atoms with Gasteiger partial charge >= 0.3 is 0 Å². The molecule has 0 bridgehead atoms. The average molecular weight is 261 g/mol. The highest BCUT2D eigenvalue weighted by Gasteiger charge is 2.35. The van der Waals surface area contributed by atoms with E-state index in [-0.39, 0.29) is 6.04 Å². The molecule has 106 valence electrons. The number of hydrogen-bond acceptors (Lipinski definition) is 2. The first-order valence-corrected chi connectivity index (χ1v) is 7.52. The molecular weight excluding hydrogens is 234 g/mol. The molecule has 2 heterocycles. The quantitative estimate of drug-likeness (QED) is 0.843. The van der Waals surface area contributed by atoms with E-state index in [0.717, 1.165) is 6.42 Å². The van der Waals surface area contributed by atoms with Gasteiger partial charge in [0.15, 0.2) is 0 Å². The Morgan fingerprint density at radius 2 is 2.11 bits per heavy atom. The van der Waals surface area contributed by atoms with Crippen molar-refractivity contribution in [2.24, 2.45) is 11.1 Å². The number of aromatic nitrogens is 1. The third-order valence-corrected chi connectivity index (χ3v) is 4.92. The van der Waals surface area contributed by atoms with Crippen LogP contribution in [0.4, 0.5) is 0 Å². The first-order chi connectivity index (χ1) is 8.87. The van der Waals surface area contributed by atoms with Gasteiger partial charge in [0.1, 0.15) is 0 Å². The summed E-state index contributed by atoms with van der Waals surface area (Å²) in [5.41, 5.74) is 11.1. The fraction of sp³-hybridized carbons (Fsp3) is 0.750. The molecule has 3 nitrogen and oxygen atoms in total. The predicted molar refractivity (Wildman–Crippen MR) is 79.4 cm³/mol. The molecule has 0 amide bonds. The first-order valence-electron chi connectivity index (χ1n) is 7.52. The normalized spacial score (nSPS) is 30.6. The fourth-order valence-corrected chi connectivity index (χ4v) is 4.10. The van der Waals surface area contributed by atoms with Crippen molar-refractivity contribution in [2.75, 3.05) is 20.1 Å². The van der Waals surface area contributed by atoms with Gasteiger partial charge in [-0.3, -0.25) is 0 Å². The van der Waals surface area contributed by atoms with E-state index in [2.05, 4.69) is 43.4 Å². The Kier molecular flexibility index (Phi) is 3.02. The summed E-state index contributed by atoms with van der Waals surface area (Å²) in [6.45, 7) is 9.34. The molecule has 1 aliphatic carbocycles. The van der Waals surface area contributed by atoms with Gasteiger partial charge in [0, 0.05) is 30.0 Å². The van der Waals surface area contributed by atoms with E-state index < -0.39 is 0 Å². The van der Waals surface area contributed by atoms with Crippen LogP contribution in [0.1, 0.15) is 55.7 Å². The smallest absolute Gasteiger partial charge is 0.0475 e. The average Bonchev–Trinajstić information content (AvgIpc) is 2.81. The molecule has 2 atom stereocenters. The van der Waals surface area contributed by atoms with Crippen LogP contribution in [0.15, 0.2) is 6.07 Å². The number of hydrogen-bond donors (Lipinski definition) is 1. The predicted octanol–water partition coefficient (Wildman–Crippen LogP) is 2.65. The third-order valence-electron chi connectivity index (χ3n) is 4.92. The monoisotopic (exact) mass is 261 g/mol. The maximum atomic E-state index is 6.41. The van der Waals surface area contributed by atoms with Gasteiger partial charge in [-0.2, -0.15) is 0 Å². The standard InChI is InChI=1S/C16H27N3/c1-11-7-13-14(17)8-16(2,3)9-15(13)19(11)12-5-6-18(4)10-12/h7,12,14H,5-6,8-10,17H2,1-4H3. The second kappa shape index (κ2) is 4.35. The van der Waals surface area contributed by atoms with Crippen molar-refractivity contribution >= 4 is 0 Å². The van der Waals surface area contributed by atoms with Crippen LogP contribution >= 0.6 is 0 Å². The van der Waals surface area contributed by atoms with Gasteiger partial charge in [-0.1, -0.05) is 13.8 Å². The SMILES string of the molecule is Cc1cc2c(n1C1CCN(C)C1)CC(C)(C)CC2N. The van der Waals surface area contributed by atoms with Crippen LogP contribution in [0, 0.1) is 12.3 Å². The molecule has 1 aromatic rings. The topological polar surface area (TPSA) is 34.2 Å². The number of likely N-dealkylation sites (N-methyl/N-ethyl adjacent to an activating group) is 1. The maximum Gasteiger partial charge on any atom is 0.0475 e. The van der Waals surface area contributed by atoms with E-state index in [1.807, 2.05) is 0 Å². The fourth-order valence-electron chi connectivity index (χ4n) is 4.10. The summed E-state index contributed by atoms with van der Waals surface area (Å²) >= 11 is 0. The molecule has 2 aliphatic rings. The van der Waals surface area contributed by atoms with Gasteiger partial charge in [-0.05, 0) is 56.8 Å². The Balaban J connectivity index is 2.02. The zero-order valence-electron chi connectivity index (χ0n) is 12.7. The molecule has 1 fully saturated rings. The zero-order chi connectivity index (χ0) is 13.8. The number of nitrogens with zero attached hydrogens (tertiary/aromatic N) is 2. The van der Waals surface area contributed by atoms with E-state index >= 15 is 0 Å². The van der Waals surface area contributed by atoms with Crippen molar-refractivity contribution in [1.82, 2.24) is 9.47 Å². The minimum atomic E-state index is 0.220. The Bertz CT molecular complexity index is 486. The van der Waals surface area contributed by atoms with Crippen molar-refractivity contribution in [3.8, 4) is 0 Å². The molecule has 2 N–H and O–H groups in total. The summed E-state index contributed by atoms with van der Waals surface area (Å²) in [6.07, 6.45) is 3.55. The number of fused-ring (bicyclic) bond motifs is 1. The number of likely N-dealkylation sites (tertiary alicyclic amines) is 1. The molecule has 2 unspecified atom stereocenters. The van der Waals surface area contributed by atoms with Crippen LogP contribution in [-0.2, 0) is 6.42 Å². The largest absolute Gasteiger partial charge is 0.344 e. The van der Waals surface area contributed by atoms with Crippen LogP contribution in [-0.4, -0.2) is 29.6 Å². The molecule has 0 radical (unpaired) electrons. The highest BCUT2D eigenvalue weighted by atomic mass is 15.2. The zero-order valence-corrected chi connectivity index (χ0v) is 12.7. The summed E-state index contributed by atoms with van der Waals surface area (Å²) in [5.74, 6) is 0. The molecule has 0 aromatic carbocycles. The Hall–Kier alpha value is -0.800. The van der Waals surface area contributed by atoms with Gasteiger partial charge in [0.25, 0.3) is 0 Å². The van der Waals surface area contributed by atoms with Crippen LogP contribution < -0.4 is 5.73 Å².